The van der Waals surface area contributed by atoms with E-state index in [4.69, 9.17) is 9.47 Å². The fourth-order valence-corrected chi connectivity index (χ4v) is 5.13. The Labute approximate surface area is 160 Å². The highest BCUT2D eigenvalue weighted by Gasteiger charge is 2.57. The van der Waals surface area contributed by atoms with Gasteiger partial charge in [0.25, 0.3) is 0 Å². The Morgan fingerprint density at radius 1 is 1.22 bits per heavy atom. The van der Waals surface area contributed by atoms with E-state index < -0.39 is 5.97 Å². The maximum absolute atomic E-state index is 12.6. The number of H-pyrrole nitrogens is 1. The first kappa shape index (κ1) is 19.6. The summed E-state index contributed by atoms with van der Waals surface area (Å²) in [6, 6.07) is 0. The van der Waals surface area contributed by atoms with Crippen LogP contribution in [0.15, 0.2) is 0 Å². The van der Waals surface area contributed by atoms with Gasteiger partial charge in [0, 0.05) is 12.6 Å². The first-order chi connectivity index (χ1) is 12.6. The summed E-state index contributed by atoms with van der Waals surface area (Å²) in [6.45, 7) is 9.85. The maximum atomic E-state index is 12.6. The molecule has 1 heterocycles. The Bertz CT molecular complexity index is 791. The van der Waals surface area contributed by atoms with Crippen molar-refractivity contribution in [3.8, 4) is 0 Å². The summed E-state index contributed by atoms with van der Waals surface area (Å²) in [5.74, 6) is 0.365. The monoisotopic (exact) mass is 375 g/mol. The van der Waals surface area contributed by atoms with E-state index in [9.17, 15) is 14.4 Å². The van der Waals surface area contributed by atoms with Gasteiger partial charge in [0.2, 0.25) is 0 Å². The van der Waals surface area contributed by atoms with Crippen molar-refractivity contribution < 1.29 is 23.9 Å². The van der Waals surface area contributed by atoms with Crippen molar-refractivity contribution >= 4 is 17.7 Å². The Kier molecular flexibility index (Phi) is 4.95. The van der Waals surface area contributed by atoms with Crippen molar-refractivity contribution in [3.05, 3.63) is 22.5 Å². The second kappa shape index (κ2) is 6.80. The molecule has 3 saturated carbocycles. The van der Waals surface area contributed by atoms with Crippen molar-refractivity contribution in [2.45, 2.75) is 60.0 Å². The van der Waals surface area contributed by atoms with E-state index in [2.05, 4.69) is 25.8 Å². The minimum absolute atomic E-state index is 0.0828. The number of ketones is 1. The molecule has 148 valence electrons. The van der Waals surface area contributed by atoms with E-state index in [1.165, 1.54) is 20.5 Å². The molecule has 1 aromatic heterocycles. The van der Waals surface area contributed by atoms with Gasteiger partial charge >= 0.3 is 11.9 Å². The van der Waals surface area contributed by atoms with E-state index in [0.29, 0.717) is 40.1 Å². The maximum Gasteiger partial charge on any atom is 0.339 e. The number of carbonyl (C=O) groups is 3. The third kappa shape index (κ3) is 3.19. The number of aromatic amines is 1. The highest BCUT2D eigenvalue weighted by molar-refractivity contribution is 6.01. The molecular formula is C21H29NO5. The van der Waals surface area contributed by atoms with Gasteiger partial charge in [-0.2, -0.15) is 0 Å². The molecule has 0 spiro atoms. The van der Waals surface area contributed by atoms with Gasteiger partial charge in [0.05, 0.1) is 24.8 Å². The van der Waals surface area contributed by atoms with Gasteiger partial charge in [-0.05, 0) is 48.5 Å². The summed E-state index contributed by atoms with van der Waals surface area (Å²) < 4.78 is 10.6. The van der Waals surface area contributed by atoms with Gasteiger partial charge in [0.1, 0.15) is 6.10 Å². The predicted molar refractivity (Wildman–Crippen MR) is 99.6 cm³/mol. The number of hydrogen-bond acceptors (Lipinski definition) is 5. The fraction of sp³-hybridized carbons (Fsp3) is 0.667. The molecular weight excluding hydrogens is 346 g/mol. The average Bonchev–Trinajstić information content (AvgIpc) is 2.91. The van der Waals surface area contributed by atoms with Crippen molar-refractivity contribution in [2.75, 3.05) is 7.11 Å². The van der Waals surface area contributed by atoms with Gasteiger partial charge in [0.15, 0.2) is 5.78 Å². The molecule has 0 saturated heterocycles. The first-order valence-electron chi connectivity index (χ1n) is 9.58. The van der Waals surface area contributed by atoms with Crippen LogP contribution in [0.3, 0.4) is 0 Å². The smallest absolute Gasteiger partial charge is 0.339 e. The normalized spacial score (nSPS) is 28.2. The second-order valence-electron chi connectivity index (χ2n) is 8.69. The molecule has 2 bridgehead atoms. The number of rotatable bonds is 5. The Hall–Kier alpha value is -2.11. The highest BCUT2D eigenvalue weighted by atomic mass is 16.5. The lowest BCUT2D eigenvalue weighted by Gasteiger charge is -2.61. The van der Waals surface area contributed by atoms with E-state index in [1.54, 1.807) is 6.92 Å². The number of carbonyl (C=O) groups excluding carboxylic acids is 3. The van der Waals surface area contributed by atoms with Crippen LogP contribution in [0.2, 0.25) is 0 Å². The van der Waals surface area contributed by atoms with E-state index in [0.717, 1.165) is 6.42 Å². The van der Waals surface area contributed by atoms with E-state index in [1.807, 2.05) is 0 Å². The largest absolute Gasteiger partial charge is 0.465 e. The molecule has 0 unspecified atom stereocenters. The number of esters is 2. The molecule has 1 N–H and O–H groups in total. The summed E-state index contributed by atoms with van der Waals surface area (Å²) in [7, 11) is 1.28. The quantitative estimate of drug-likeness (QED) is 0.629. The molecule has 0 amide bonds. The molecule has 3 aliphatic carbocycles. The highest BCUT2D eigenvalue weighted by Crippen LogP contribution is 2.61. The molecule has 27 heavy (non-hydrogen) atoms. The van der Waals surface area contributed by atoms with E-state index in [-0.39, 0.29) is 29.8 Å². The topological polar surface area (TPSA) is 85.5 Å². The minimum Gasteiger partial charge on any atom is -0.465 e. The van der Waals surface area contributed by atoms with Gasteiger partial charge in [-0.1, -0.05) is 20.8 Å². The summed E-state index contributed by atoms with van der Waals surface area (Å²) in [5.41, 5.74) is 1.79. The average molecular weight is 375 g/mol. The number of Topliss-reactive ketones (excluding diaryl/α,β-unsaturated/α-hetero) is 1. The van der Waals surface area contributed by atoms with Crippen LogP contribution in [0.1, 0.15) is 72.6 Å². The molecule has 6 nitrogen and oxygen atoms in total. The van der Waals surface area contributed by atoms with Crippen molar-refractivity contribution in [2.24, 2.45) is 23.2 Å². The Morgan fingerprint density at radius 2 is 1.89 bits per heavy atom. The third-order valence-corrected chi connectivity index (χ3v) is 6.96. The molecule has 0 radical (unpaired) electrons. The van der Waals surface area contributed by atoms with Crippen molar-refractivity contribution in [3.63, 3.8) is 0 Å². The second-order valence-corrected chi connectivity index (χ2v) is 8.69. The van der Waals surface area contributed by atoms with Crippen LogP contribution in [0.25, 0.3) is 0 Å². The SMILES string of the molecule is COC(=O)c1c(CC(=O)O[C@H]2C[C@H]3C[C@@H]([C@H]2C)C3(C)C)[nH]c(C(C)=O)c1C. The third-order valence-electron chi connectivity index (χ3n) is 6.96. The lowest BCUT2D eigenvalue weighted by Crippen LogP contribution is -2.57. The molecule has 3 aliphatic rings. The number of nitrogens with one attached hydrogen (secondary N) is 1. The molecule has 0 aliphatic heterocycles. The number of ether oxygens (including phenoxy) is 2. The predicted octanol–water partition coefficient (Wildman–Crippen LogP) is 3.47. The number of methoxy groups -OCH3 is 1. The molecule has 4 atom stereocenters. The van der Waals surface area contributed by atoms with E-state index >= 15 is 0 Å². The zero-order valence-electron chi connectivity index (χ0n) is 17.0. The molecule has 0 aromatic carbocycles. The molecule has 1 aromatic rings. The zero-order valence-corrected chi connectivity index (χ0v) is 17.0. The van der Waals surface area contributed by atoms with Crippen LogP contribution in [0, 0.1) is 30.1 Å². The molecule has 3 fully saturated rings. The van der Waals surface area contributed by atoms with Gasteiger partial charge in [-0.15, -0.1) is 0 Å². The molecule has 6 heteroatoms. The number of hydrogen-bond donors (Lipinski definition) is 1. The summed E-state index contributed by atoms with van der Waals surface area (Å²) in [4.78, 5) is 39.4. The zero-order chi connectivity index (χ0) is 20.1. The first-order valence-corrected chi connectivity index (χ1v) is 9.58. The minimum atomic E-state index is -0.562. The lowest BCUT2D eigenvalue weighted by molar-refractivity contribution is -0.185. The van der Waals surface area contributed by atoms with Crippen LogP contribution >= 0.6 is 0 Å². The number of aromatic nitrogens is 1. The van der Waals surface area contributed by atoms with Gasteiger partial charge < -0.3 is 14.5 Å². The number of fused-ring (bicyclic) bond motifs is 2. The van der Waals surface area contributed by atoms with Crippen LogP contribution in [-0.4, -0.2) is 35.9 Å². The van der Waals surface area contributed by atoms with Crippen LogP contribution in [-0.2, 0) is 20.7 Å². The molecule has 4 rings (SSSR count). The fourth-order valence-electron chi connectivity index (χ4n) is 5.13. The van der Waals surface area contributed by atoms with Crippen LogP contribution in [0.4, 0.5) is 0 Å². The van der Waals surface area contributed by atoms with Crippen molar-refractivity contribution in [1.29, 1.82) is 0 Å². The summed E-state index contributed by atoms with van der Waals surface area (Å²) >= 11 is 0. The summed E-state index contributed by atoms with van der Waals surface area (Å²) in [5, 5.41) is 0. The lowest BCUT2D eigenvalue weighted by atomic mass is 9.45. The van der Waals surface area contributed by atoms with Crippen molar-refractivity contribution in [1.82, 2.24) is 4.98 Å². The Morgan fingerprint density at radius 3 is 2.41 bits per heavy atom. The standard InChI is InChI=1S/C21H29NO5/c1-10-14-7-13(21(14,4)5)8-16(10)27-17(24)9-15-18(20(25)26-6)11(2)19(22-15)12(3)23/h10,13-14,16,22H,7-9H2,1-6H3/t10-,13-,14+,16+/m1/s1. The van der Waals surface area contributed by atoms with Gasteiger partial charge in [-0.25, -0.2) is 4.79 Å². The van der Waals surface area contributed by atoms with Crippen LogP contribution < -0.4 is 0 Å². The van der Waals surface area contributed by atoms with Crippen LogP contribution in [0.5, 0.6) is 0 Å². The summed E-state index contributed by atoms with van der Waals surface area (Å²) in [6.07, 6.45) is 1.94. The van der Waals surface area contributed by atoms with Gasteiger partial charge in [-0.3, -0.25) is 9.59 Å². The Balaban J connectivity index is 1.74.